The lowest BCUT2D eigenvalue weighted by Crippen LogP contribution is -2.60. The number of hydrogen-bond acceptors (Lipinski definition) is 10. The van der Waals surface area contributed by atoms with Crippen molar-refractivity contribution in [2.45, 2.75) is 339 Å². The number of amides is 1. The third-order valence-corrected chi connectivity index (χ3v) is 15.0. The van der Waals surface area contributed by atoms with Crippen LogP contribution in [0.1, 0.15) is 296 Å². The first-order chi connectivity index (χ1) is 36.7. The van der Waals surface area contributed by atoms with E-state index in [2.05, 4.69) is 43.5 Å². The number of esters is 1. The number of carbonyl (C=O) groups excluding carboxylic acids is 2. The van der Waals surface area contributed by atoms with Crippen molar-refractivity contribution in [2.75, 3.05) is 19.8 Å². The zero-order valence-electron chi connectivity index (χ0n) is 48.5. The second kappa shape index (κ2) is 53.9. The van der Waals surface area contributed by atoms with Gasteiger partial charge in [-0.05, 0) is 70.6 Å². The zero-order valence-corrected chi connectivity index (χ0v) is 48.5. The van der Waals surface area contributed by atoms with E-state index in [1.54, 1.807) is 6.08 Å². The molecule has 1 fully saturated rings. The molecular weight excluding hydrogens is 943 g/mol. The SMILES string of the molecule is CCCCC/C=C/CC/C=C/C(O)C(COC1OC(CO)C(O)C(O)C1O)NC(=O)CCCCCCCCC/C=C\CCCCCCCCCCCCCOC(=O)CCCCCCCCCCCCCCCCCC. The van der Waals surface area contributed by atoms with Crippen LogP contribution in [0.3, 0.4) is 0 Å². The molecule has 1 rings (SSSR count). The molecule has 1 heterocycles. The van der Waals surface area contributed by atoms with Crippen LogP contribution in [0.25, 0.3) is 0 Å². The van der Waals surface area contributed by atoms with Gasteiger partial charge in [-0.3, -0.25) is 9.59 Å². The number of aliphatic hydroxyl groups excluding tert-OH is 5. The monoisotopic (exact) mass is 1060 g/mol. The van der Waals surface area contributed by atoms with Crippen LogP contribution in [0.2, 0.25) is 0 Å². The Hall–Kier alpha value is -2.12. The Morgan fingerprint density at radius 2 is 0.867 bits per heavy atom. The number of carbonyl (C=O) groups is 2. The second-order valence-corrected chi connectivity index (χ2v) is 22.1. The molecule has 6 N–H and O–H groups in total. The van der Waals surface area contributed by atoms with Crippen molar-refractivity contribution in [3.05, 3.63) is 36.5 Å². The van der Waals surface area contributed by atoms with Crippen molar-refractivity contribution in [3.8, 4) is 0 Å². The van der Waals surface area contributed by atoms with Crippen LogP contribution in [0.5, 0.6) is 0 Å². The summed E-state index contributed by atoms with van der Waals surface area (Å²) >= 11 is 0. The number of aliphatic hydroxyl groups is 5. The highest BCUT2D eigenvalue weighted by Crippen LogP contribution is 2.23. The largest absolute Gasteiger partial charge is 0.466 e. The summed E-state index contributed by atoms with van der Waals surface area (Å²) < 4.78 is 16.7. The average Bonchev–Trinajstić information content (AvgIpc) is 3.41. The van der Waals surface area contributed by atoms with Crippen LogP contribution >= 0.6 is 0 Å². The quantitative estimate of drug-likeness (QED) is 0.0195. The zero-order chi connectivity index (χ0) is 54.5. The molecule has 11 heteroatoms. The van der Waals surface area contributed by atoms with Crippen LogP contribution in [-0.4, -0.2) is 100 Å². The van der Waals surface area contributed by atoms with Crippen molar-refractivity contribution in [1.29, 1.82) is 0 Å². The second-order valence-electron chi connectivity index (χ2n) is 22.1. The van der Waals surface area contributed by atoms with Crippen LogP contribution in [0, 0.1) is 0 Å². The van der Waals surface area contributed by atoms with Crippen molar-refractivity contribution in [2.24, 2.45) is 0 Å². The predicted molar refractivity (Wildman–Crippen MR) is 311 cm³/mol. The molecule has 1 aliphatic rings. The fourth-order valence-electron chi connectivity index (χ4n) is 9.92. The maximum absolute atomic E-state index is 13.0. The first-order valence-corrected chi connectivity index (χ1v) is 31.8. The molecule has 0 aliphatic carbocycles. The van der Waals surface area contributed by atoms with Gasteiger partial charge in [0.05, 0.1) is 32.0 Å². The van der Waals surface area contributed by atoms with Crippen molar-refractivity contribution in [1.82, 2.24) is 5.32 Å². The Morgan fingerprint density at radius 3 is 1.35 bits per heavy atom. The number of unbranched alkanes of at least 4 members (excludes halogenated alkanes) is 37. The van der Waals surface area contributed by atoms with Crippen LogP contribution in [-0.2, 0) is 23.8 Å². The Labute approximate surface area is 460 Å². The third-order valence-electron chi connectivity index (χ3n) is 15.0. The van der Waals surface area contributed by atoms with Crippen molar-refractivity contribution < 1.29 is 49.3 Å². The van der Waals surface area contributed by atoms with Gasteiger partial charge >= 0.3 is 5.97 Å². The summed E-state index contributed by atoms with van der Waals surface area (Å²) in [5, 5.41) is 54.2. The standard InChI is InChI=1S/C64H119NO10/c1-3-5-7-9-11-13-14-15-16-26-29-32-36-40-44-48-52-60(69)73-53-49-45-41-37-33-30-27-24-22-20-18-17-19-21-23-25-28-31-35-39-43-47-51-59(68)65-56(57(67)50-46-42-38-34-12-10-8-6-4-2)55-74-64-63(72)62(71)61(70)58(54-66)75-64/h12,19,21,34,46,50,56-58,61-64,66-67,70-72H,3-11,13-18,20,22-33,35-45,47-49,51-55H2,1-2H3,(H,65,68)/b21-19-,34-12+,50-46+. The van der Waals surface area contributed by atoms with Gasteiger partial charge in [0.25, 0.3) is 0 Å². The minimum absolute atomic E-state index is 0.000387. The summed E-state index contributed by atoms with van der Waals surface area (Å²) in [5.74, 6) is -0.201. The molecule has 0 bridgehead atoms. The van der Waals surface area contributed by atoms with E-state index in [0.717, 1.165) is 70.6 Å². The van der Waals surface area contributed by atoms with Gasteiger partial charge < -0.3 is 45.1 Å². The summed E-state index contributed by atoms with van der Waals surface area (Å²) in [7, 11) is 0. The number of allylic oxidation sites excluding steroid dienone is 5. The van der Waals surface area contributed by atoms with E-state index in [1.807, 2.05) is 6.08 Å². The van der Waals surface area contributed by atoms with E-state index in [1.165, 1.54) is 199 Å². The number of nitrogens with one attached hydrogen (secondary N) is 1. The Bertz CT molecular complexity index is 1340. The molecule has 1 amide bonds. The normalized spacial score (nSPS) is 18.9. The van der Waals surface area contributed by atoms with Gasteiger partial charge in [-0.25, -0.2) is 0 Å². The van der Waals surface area contributed by atoms with E-state index >= 15 is 0 Å². The molecule has 1 saturated heterocycles. The van der Waals surface area contributed by atoms with Gasteiger partial charge in [0.2, 0.25) is 5.91 Å². The minimum atomic E-state index is -1.58. The molecule has 0 radical (unpaired) electrons. The van der Waals surface area contributed by atoms with E-state index in [0.29, 0.717) is 19.4 Å². The molecule has 0 aromatic heterocycles. The van der Waals surface area contributed by atoms with Gasteiger partial charge in [0.15, 0.2) is 6.29 Å². The smallest absolute Gasteiger partial charge is 0.305 e. The molecule has 0 aromatic carbocycles. The summed E-state index contributed by atoms with van der Waals surface area (Å²) in [6.45, 7) is 4.28. The van der Waals surface area contributed by atoms with Gasteiger partial charge in [0.1, 0.15) is 24.4 Å². The lowest BCUT2D eigenvalue weighted by atomic mass is 9.99. The molecule has 7 unspecified atom stereocenters. The van der Waals surface area contributed by atoms with Gasteiger partial charge in [0, 0.05) is 12.8 Å². The van der Waals surface area contributed by atoms with E-state index < -0.39 is 49.5 Å². The number of hydrogen-bond donors (Lipinski definition) is 6. The van der Waals surface area contributed by atoms with Gasteiger partial charge in [-0.1, -0.05) is 249 Å². The van der Waals surface area contributed by atoms with Gasteiger partial charge in [-0.2, -0.15) is 0 Å². The Morgan fingerprint density at radius 1 is 0.480 bits per heavy atom. The minimum Gasteiger partial charge on any atom is -0.466 e. The Kier molecular flexibility index (Phi) is 50.9. The first-order valence-electron chi connectivity index (χ1n) is 31.8. The lowest BCUT2D eigenvalue weighted by Gasteiger charge is -2.40. The highest BCUT2D eigenvalue weighted by molar-refractivity contribution is 5.76. The fraction of sp³-hybridized carbons (Fsp3) is 0.875. The molecule has 440 valence electrons. The lowest BCUT2D eigenvalue weighted by molar-refractivity contribution is -0.302. The van der Waals surface area contributed by atoms with E-state index in [-0.39, 0.29) is 18.5 Å². The predicted octanol–water partition coefficient (Wildman–Crippen LogP) is 15.1. The maximum Gasteiger partial charge on any atom is 0.305 e. The van der Waals surface area contributed by atoms with Crippen LogP contribution in [0.4, 0.5) is 0 Å². The Balaban J connectivity index is 1.98. The number of ether oxygens (including phenoxy) is 3. The third kappa shape index (κ3) is 43.4. The molecule has 0 spiro atoms. The molecule has 11 nitrogen and oxygen atoms in total. The summed E-state index contributed by atoms with van der Waals surface area (Å²) in [6, 6.07) is -0.831. The topological polar surface area (TPSA) is 175 Å². The molecule has 0 aromatic rings. The molecule has 1 aliphatic heterocycles. The highest BCUT2D eigenvalue weighted by Gasteiger charge is 2.44. The number of rotatable bonds is 55. The summed E-state index contributed by atoms with van der Waals surface area (Å²) in [5.41, 5.74) is 0. The van der Waals surface area contributed by atoms with Crippen LogP contribution in [0.15, 0.2) is 36.5 Å². The van der Waals surface area contributed by atoms with E-state index in [9.17, 15) is 35.1 Å². The highest BCUT2D eigenvalue weighted by atomic mass is 16.7. The molecule has 75 heavy (non-hydrogen) atoms. The molecular formula is C64H119NO10. The van der Waals surface area contributed by atoms with Crippen LogP contribution < -0.4 is 5.32 Å². The van der Waals surface area contributed by atoms with Crippen molar-refractivity contribution >= 4 is 11.9 Å². The summed E-state index contributed by atoms with van der Waals surface area (Å²) in [6.07, 6.45) is 57.0. The first kappa shape index (κ1) is 70.9. The maximum atomic E-state index is 13.0. The fourth-order valence-corrected chi connectivity index (χ4v) is 9.92. The molecule has 0 saturated carbocycles. The van der Waals surface area contributed by atoms with E-state index in [4.69, 9.17) is 14.2 Å². The summed E-state index contributed by atoms with van der Waals surface area (Å²) in [4.78, 5) is 25.1. The molecule has 7 atom stereocenters. The van der Waals surface area contributed by atoms with Crippen molar-refractivity contribution in [3.63, 3.8) is 0 Å². The van der Waals surface area contributed by atoms with Gasteiger partial charge in [-0.15, -0.1) is 0 Å². The average molecular weight is 1060 g/mol.